The maximum Gasteiger partial charge on any atom is 0.328 e. The van der Waals surface area contributed by atoms with Crippen LogP contribution in [-0.2, 0) is 17.1 Å². The van der Waals surface area contributed by atoms with Gasteiger partial charge in [0.1, 0.15) is 0 Å². The molecule has 1 aromatic heterocycles. The molecule has 0 saturated heterocycles. The first kappa shape index (κ1) is 16.5. The van der Waals surface area contributed by atoms with Crippen LogP contribution in [0.3, 0.4) is 0 Å². The smallest absolute Gasteiger partial charge is 0.307 e. The maximum absolute atomic E-state index is 12.6. The van der Waals surface area contributed by atoms with Crippen LogP contribution < -0.4 is 16.0 Å². The highest BCUT2D eigenvalue weighted by Gasteiger charge is 2.39. The molecule has 0 amide bonds. The lowest BCUT2D eigenvalue weighted by atomic mass is 9.89. The standard InChI is InChI=1S/C17H21N3O4S/c1-20-16(21)14-8-13(4-5-15(14)19-17(20)22)25(23,24)18-9-12-7-10-2-3-11(12)6-10/h4-5,8,10-12,18H,2-3,6-7,9H2,1H3,(H,19,22)/t10-,11-,12+/m1/s1. The summed E-state index contributed by atoms with van der Waals surface area (Å²) in [4.78, 5) is 26.4. The zero-order valence-corrected chi connectivity index (χ0v) is 14.8. The van der Waals surface area contributed by atoms with E-state index in [1.807, 2.05) is 0 Å². The molecular weight excluding hydrogens is 342 g/mol. The van der Waals surface area contributed by atoms with E-state index in [-0.39, 0.29) is 10.3 Å². The van der Waals surface area contributed by atoms with E-state index in [9.17, 15) is 18.0 Å². The minimum Gasteiger partial charge on any atom is -0.307 e. The van der Waals surface area contributed by atoms with Gasteiger partial charge in [-0.25, -0.2) is 17.9 Å². The van der Waals surface area contributed by atoms with E-state index >= 15 is 0 Å². The van der Waals surface area contributed by atoms with Crippen LogP contribution in [0.2, 0.25) is 0 Å². The average molecular weight is 363 g/mol. The van der Waals surface area contributed by atoms with Crippen LogP contribution in [0.25, 0.3) is 10.9 Å². The molecular formula is C17H21N3O4S. The first-order chi connectivity index (χ1) is 11.8. The van der Waals surface area contributed by atoms with Crippen molar-refractivity contribution in [3.8, 4) is 0 Å². The number of fused-ring (bicyclic) bond motifs is 3. The SMILES string of the molecule is Cn1c(=O)[nH]c2ccc(S(=O)(=O)NC[C@@H]3C[C@@H]4CC[C@@H]3C4)cc2c1=O. The van der Waals surface area contributed by atoms with Crippen molar-refractivity contribution in [2.75, 3.05) is 6.54 Å². The van der Waals surface area contributed by atoms with Crippen LogP contribution >= 0.6 is 0 Å². The third kappa shape index (κ3) is 2.83. The minimum absolute atomic E-state index is 0.0484. The van der Waals surface area contributed by atoms with E-state index in [0.717, 1.165) is 16.9 Å². The second kappa shape index (κ2) is 5.81. The molecule has 1 aromatic carbocycles. The molecule has 134 valence electrons. The Kier molecular flexibility index (Phi) is 3.84. The van der Waals surface area contributed by atoms with Gasteiger partial charge in [0, 0.05) is 13.6 Å². The van der Waals surface area contributed by atoms with Crippen molar-refractivity contribution in [2.24, 2.45) is 24.8 Å². The summed E-state index contributed by atoms with van der Waals surface area (Å²) in [5.41, 5.74) is -0.702. The van der Waals surface area contributed by atoms with Gasteiger partial charge in [0.25, 0.3) is 5.56 Å². The van der Waals surface area contributed by atoms with Crippen LogP contribution in [-0.4, -0.2) is 24.5 Å². The number of nitrogens with one attached hydrogen (secondary N) is 2. The second-order valence-corrected chi connectivity index (χ2v) is 9.06. The van der Waals surface area contributed by atoms with Gasteiger partial charge in [-0.15, -0.1) is 0 Å². The summed E-state index contributed by atoms with van der Waals surface area (Å²) in [5, 5.41) is 0.185. The Morgan fingerprint density at radius 2 is 2.04 bits per heavy atom. The summed E-state index contributed by atoms with van der Waals surface area (Å²) in [6.45, 7) is 0.450. The number of H-pyrrole nitrogens is 1. The lowest BCUT2D eigenvalue weighted by Gasteiger charge is -2.21. The van der Waals surface area contributed by atoms with Gasteiger partial charge >= 0.3 is 5.69 Å². The number of aromatic amines is 1. The Morgan fingerprint density at radius 1 is 1.24 bits per heavy atom. The Balaban J connectivity index is 1.61. The zero-order valence-electron chi connectivity index (χ0n) is 14.0. The van der Waals surface area contributed by atoms with Crippen LogP contribution in [0.1, 0.15) is 25.7 Å². The highest BCUT2D eigenvalue weighted by atomic mass is 32.2. The third-order valence-corrected chi connectivity index (χ3v) is 7.22. The third-order valence-electron chi connectivity index (χ3n) is 5.80. The summed E-state index contributed by atoms with van der Waals surface area (Å²) < 4.78 is 28.9. The van der Waals surface area contributed by atoms with Gasteiger partial charge in [0.2, 0.25) is 10.0 Å². The van der Waals surface area contributed by atoms with Gasteiger partial charge in [-0.05, 0) is 55.2 Å². The Bertz CT molecular complexity index is 1050. The number of hydrogen-bond donors (Lipinski definition) is 2. The first-order valence-electron chi connectivity index (χ1n) is 8.58. The molecule has 3 atom stereocenters. The van der Waals surface area contributed by atoms with Gasteiger partial charge in [-0.1, -0.05) is 6.42 Å². The van der Waals surface area contributed by atoms with E-state index in [0.29, 0.717) is 23.9 Å². The monoisotopic (exact) mass is 363 g/mol. The van der Waals surface area contributed by atoms with Crippen LogP contribution in [0.4, 0.5) is 0 Å². The normalized spacial score (nSPS) is 25.7. The fourth-order valence-electron chi connectivity index (χ4n) is 4.37. The number of nitrogens with zero attached hydrogens (tertiary/aromatic N) is 1. The summed E-state index contributed by atoms with van der Waals surface area (Å²) in [6.07, 6.45) is 4.81. The molecule has 2 bridgehead atoms. The summed E-state index contributed by atoms with van der Waals surface area (Å²) in [6, 6.07) is 4.21. The predicted octanol–water partition coefficient (Wildman–Crippen LogP) is 0.941. The van der Waals surface area contributed by atoms with Gasteiger partial charge in [-0.3, -0.25) is 9.36 Å². The quantitative estimate of drug-likeness (QED) is 0.844. The van der Waals surface area contributed by atoms with Gasteiger partial charge in [-0.2, -0.15) is 0 Å². The van der Waals surface area contributed by atoms with E-state index in [1.165, 1.54) is 44.5 Å². The fraction of sp³-hybridized carbons (Fsp3) is 0.529. The van der Waals surface area contributed by atoms with Crippen molar-refractivity contribution in [1.29, 1.82) is 0 Å². The molecule has 2 aliphatic rings. The predicted molar refractivity (Wildman–Crippen MR) is 93.9 cm³/mol. The van der Waals surface area contributed by atoms with E-state index in [2.05, 4.69) is 9.71 Å². The van der Waals surface area contributed by atoms with Gasteiger partial charge in [0.15, 0.2) is 0 Å². The van der Waals surface area contributed by atoms with E-state index in [1.54, 1.807) is 0 Å². The summed E-state index contributed by atoms with van der Waals surface area (Å²) in [7, 11) is -2.33. The molecule has 2 aromatic rings. The highest BCUT2D eigenvalue weighted by Crippen LogP contribution is 2.48. The highest BCUT2D eigenvalue weighted by molar-refractivity contribution is 7.89. The summed E-state index contributed by atoms with van der Waals surface area (Å²) in [5.74, 6) is 1.82. The molecule has 0 aliphatic heterocycles. The molecule has 0 unspecified atom stereocenters. The van der Waals surface area contributed by atoms with E-state index in [4.69, 9.17) is 0 Å². The van der Waals surface area contributed by atoms with Crippen molar-refractivity contribution in [3.05, 3.63) is 39.0 Å². The number of hydrogen-bond acceptors (Lipinski definition) is 4. The molecule has 0 spiro atoms. The minimum atomic E-state index is -3.69. The average Bonchev–Trinajstić information content (AvgIpc) is 3.21. The number of rotatable bonds is 4. The Morgan fingerprint density at radius 3 is 2.72 bits per heavy atom. The van der Waals surface area contributed by atoms with Gasteiger partial charge < -0.3 is 4.98 Å². The molecule has 25 heavy (non-hydrogen) atoms. The molecule has 1 heterocycles. The fourth-order valence-corrected chi connectivity index (χ4v) is 5.50. The topological polar surface area (TPSA) is 101 Å². The van der Waals surface area contributed by atoms with Crippen molar-refractivity contribution < 1.29 is 8.42 Å². The van der Waals surface area contributed by atoms with Crippen molar-refractivity contribution in [1.82, 2.24) is 14.3 Å². The molecule has 2 fully saturated rings. The van der Waals surface area contributed by atoms with Crippen molar-refractivity contribution >= 4 is 20.9 Å². The second-order valence-electron chi connectivity index (χ2n) is 7.29. The molecule has 2 saturated carbocycles. The molecule has 2 aliphatic carbocycles. The lowest BCUT2D eigenvalue weighted by molar-refractivity contribution is 0.333. The molecule has 2 N–H and O–H groups in total. The van der Waals surface area contributed by atoms with Crippen LogP contribution in [0.15, 0.2) is 32.7 Å². The lowest BCUT2D eigenvalue weighted by Crippen LogP contribution is -2.33. The van der Waals surface area contributed by atoms with Crippen LogP contribution in [0, 0.1) is 17.8 Å². The Hall–Kier alpha value is -1.93. The Labute approximate surface area is 145 Å². The molecule has 0 radical (unpaired) electrons. The summed E-state index contributed by atoms with van der Waals surface area (Å²) >= 11 is 0. The molecule has 8 heteroatoms. The van der Waals surface area contributed by atoms with E-state index < -0.39 is 21.3 Å². The van der Waals surface area contributed by atoms with Crippen LogP contribution in [0.5, 0.6) is 0 Å². The number of benzene rings is 1. The zero-order chi connectivity index (χ0) is 17.8. The van der Waals surface area contributed by atoms with Crippen molar-refractivity contribution in [3.63, 3.8) is 0 Å². The number of sulfonamides is 1. The van der Waals surface area contributed by atoms with Crippen molar-refractivity contribution in [2.45, 2.75) is 30.6 Å². The first-order valence-corrected chi connectivity index (χ1v) is 10.1. The molecule has 4 rings (SSSR count). The number of aromatic nitrogens is 2. The largest absolute Gasteiger partial charge is 0.328 e. The maximum atomic E-state index is 12.6. The van der Waals surface area contributed by atoms with Gasteiger partial charge in [0.05, 0.1) is 15.8 Å². The molecule has 7 nitrogen and oxygen atoms in total.